The van der Waals surface area contributed by atoms with Crippen molar-refractivity contribution in [2.75, 3.05) is 10.0 Å². The van der Waals surface area contributed by atoms with Crippen molar-refractivity contribution in [2.45, 2.75) is 18.7 Å². The van der Waals surface area contributed by atoms with Crippen molar-refractivity contribution in [1.82, 2.24) is 10.2 Å². The Hall–Kier alpha value is -3.56. The van der Waals surface area contributed by atoms with E-state index in [1.807, 2.05) is 37.3 Å². The number of nitrogens with one attached hydrogen (secondary N) is 2. The highest BCUT2D eigenvalue weighted by molar-refractivity contribution is 7.92. The van der Waals surface area contributed by atoms with Crippen LogP contribution in [0.3, 0.4) is 0 Å². The molecule has 0 fully saturated rings. The van der Waals surface area contributed by atoms with Crippen LogP contribution in [0.4, 0.5) is 10.8 Å². The first-order valence-electron chi connectivity index (χ1n) is 9.72. The van der Waals surface area contributed by atoms with Crippen molar-refractivity contribution in [2.24, 2.45) is 0 Å². The molecule has 4 aromatic rings. The Labute approximate surface area is 190 Å². The molecule has 7 nitrogen and oxygen atoms in total. The molecule has 0 atom stereocenters. The summed E-state index contributed by atoms with van der Waals surface area (Å²) in [5.74, 6) is -0.406. The van der Waals surface area contributed by atoms with Gasteiger partial charge in [0.15, 0.2) is 0 Å². The molecule has 32 heavy (non-hydrogen) atoms. The van der Waals surface area contributed by atoms with E-state index in [9.17, 15) is 13.2 Å². The van der Waals surface area contributed by atoms with Crippen LogP contribution in [0.25, 0.3) is 10.6 Å². The lowest BCUT2D eigenvalue weighted by Crippen LogP contribution is -2.16. The lowest BCUT2D eigenvalue weighted by Gasteiger charge is -2.12. The average molecular weight is 465 g/mol. The minimum absolute atomic E-state index is 0.152. The molecule has 0 radical (unpaired) electrons. The second-order valence-electron chi connectivity index (χ2n) is 7.18. The summed E-state index contributed by atoms with van der Waals surface area (Å²) in [6.45, 7) is 3.66. The summed E-state index contributed by atoms with van der Waals surface area (Å²) in [4.78, 5) is 12.9. The Bertz CT molecular complexity index is 1370. The van der Waals surface area contributed by atoms with E-state index in [-0.39, 0.29) is 4.90 Å². The zero-order valence-electron chi connectivity index (χ0n) is 17.4. The van der Waals surface area contributed by atoms with Crippen molar-refractivity contribution in [3.8, 4) is 10.6 Å². The van der Waals surface area contributed by atoms with Gasteiger partial charge in [-0.25, -0.2) is 8.42 Å². The summed E-state index contributed by atoms with van der Waals surface area (Å²) >= 11 is 1.26. The molecule has 0 bridgehead atoms. The largest absolute Gasteiger partial charge is 0.296 e. The summed E-state index contributed by atoms with van der Waals surface area (Å²) < 4.78 is 28.1. The lowest BCUT2D eigenvalue weighted by atomic mass is 10.1. The second-order valence-corrected chi connectivity index (χ2v) is 9.84. The molecular weight excluding hydrogens is 444 g/mol. The van der Waals surface area contributed by atoms with Gasteiger partial charge in [0, 0.05) is 11.1 Å². The first kappa shape index (κ1) is 21.7. The van der Waals surface area contributed by atoms with Gasteiger partial charge in [0.1, 0.15) is 5.01 Å². The Kier molecular flexibility index (Phi) is 6.02. The molecule has 2 N–H and O–H groups in total. The van der Waals surface area contributed by atoms with E-state index in [4.69, 9.17) is 0 Å². The highest BCUT2D eigenvalue weighted by atomic mass is 32.2. The smallest absolute Gasteiger partial charge is 0.261 e. The van der Waals surface area contributed by atoms with Crippen LogP contribution in [0.1, 0.15) is 21.5 Å². The minimum Gasteiger partial charge on any atom is -0.296 e. The molecule has 4 rings (SSSR count). The topological polar surface area (TPSA) is 101 Å². The van der Waals surface area contributed by atoms with Crippen molar-refractivity contribution in [3.63, 3.8) is 0 Å². The molecule has 0 unspecified atom stereocenters. The molecule has 0 aliphatic heterocycles. The maximum atomic E-state index is 12.7. The fourth-order valence-corrected chi connectivity index (χ4v) is 4.80. The van der Waals surface area contributed by atoms with Gasteiger partial charge in [-0.3, -0.25) is 14.8 Å². The number of aromatic nitrogens is 2. The average Bonchev–Trinajstić information content (AvgIpc) is 3.24. The first-order valence-corrected chi connectivity index (χ1v) is 12.0. The zero-order valence-corrected chi connectivity index (χ0v) is 19.0. The molecule has 0 saturated carbocycles. The number of rotatable bonds is 6. The van der Waals surface area contributed by atoms with E-state index in [0.29, 0.717) is 27.0 Å². The monoisotopic (exact) mass is 464 g/mol. The Balaban J connectivity index is 1.53. The van der Waals surface area contributed by atoms with E-state index in [2.05, 4.69) is 20.2 Å². The lowest BCUT2D eigenvalue weighted by molar-refractivity contribution is 0.102. The number of aryl methyl sites for hydroxylation is 2. The highest BCUT2D eigenvalue weighted by Crippen LogP contribution is 2.27. The van der Waals surface area contributed by atoms with Gasteiger partial charge in [-0.1, -0.05) is 65.4 Å². The Morgan fingerprint density at radius 3 is 2.34 bits per heavy atom. The highest BCUT2D eigenvalue weighted by Gasteiger charge is 2.17. The third-order valence-corrected chi connectivity index (χ3v) is 7.01. The van der Waals surface area contributed by atoms with Gasteiger partial charge in [0.25, 0.3) is 15.9 Å². The minimum atomic E-state index is -3.78. The molecular formula is C23H20N4O3S2. The van der Waals surface area contributed by atoms with Gasteiger partial charge in [-0.15, -0.1) is 10.2 Å². The number of hydrogen-bond donors (Lipinski definition) is 2. The van der Waals surface area contributed by atoms with Crippen LogP contribution < -0.4 is 10.0 Å². The van der Waals surface area contributed by atoms with Crippen LogP contribution in [0, 0.1) is 13.8 Å². The van der Waals surface area contributed by atoms with Crippen LogP contribution in [-0.2, 0) is 10.0 Å². The van der Waals surface area contributed by atoms with E-state index in [1.54, 1.807) is 43.3 Å². The Morgan fingerprint density at radius 1 is 0.906 bits per heavy atom. The third kappa shape index (κ3) is 4.84. The standard InChI is InChI=1S/C23H20N4O3S2/c1-15-8-12-19(13-9-15)32(29,30)27-20-14-18(11-10-16(20)2)21(28)24-23-26-25-22(31-23)17-6-4-3-5-7-17/h3-14,27H,1-2H3,(H,24,26,28). The van der Waals surface area contributed by atoms with Gasteiger partial charge in [0.2, 0.25) is 5.13 Å². The van der Waals surface area contributed by atoms with Crippen LogP contribution >= 0.6 is 11.3 Å². The predicted molar refractivity (Wildman–Crippen MR) is 126 cm³/mol. The van der Waals surface area contributed by atoms with E-state index < -0.39 is 15.9 Å². The van der Waals surface area contributed by atoms with Crippen LogP contribution in [0.5, 0.6) is 0 Å². The summed E-state index contributed by atoms with van der Waals surface area (Å²) in [5, 5.41) is 11.9. The molecule has 1 amide bonds. The van der Waals surface area contributed by atoms with Crippen LogP contribution in [0.2, 0.25) is 0 Å². The predicted octanol–water partition coefficient (Wildman–Crippen LogP) is 4.88. The summed E-state index contributed by atoms with van der Waals surface area (Å²) in [5.41, 5.74) is 3.20. The maximum absolute atomic E-state index is 12.7. The number of anilines is 2. The van der Waals surface area contributed by atoms with E-state index in [0.717, 1.165) is 11.1 Å². The number of carbonyl (C=O) groups is 1. The third-order valence-electron chi connectivity index (χ3n) is 4.74. The van der Waals surface area contributed by atoms with Crippen molar-refractivity contribution in [1.29, 1.82) is 0 Å². The molecule has 1 heterocycles. The fourth-order valence-electron chi connectivity index (χ4n) is 2.93. The van der Waals surface area contributed by atoms with E-state index in [1.165, 1.54) is 17.4 Å². The van der Waals surface area contributed by atoms with Crippen molar-refractivity contribution < 1.29 is 13.2 Å². The first-order chi connectivity index (χ1) is 15.3. The number of hydrogen-bond acceptors (Lipinski definition) is 6. The quantitative estimate of drug-likeness (QED) is 0.424. The molecule has 0 saturated heterocycles. The van der Waals surface area contributed by atoms with Crippen LogP contribution in [0.15, 0.2) is 77.7 Å². The molecule has 1 aromatic heterocycles. The van der Waals surface area contributed by atoms with Gasteiger partial charge in [0.05, 0.1) is 10.6 Å². The van der Waals surface area contributed by atoms with Gasteiger partial charge < -0.3 is 0 Å². The molecule has 0 aliphatic carbocycles. The van der Waals surface area contributed by atoms with Crippen molar-refractivity contribution >= 4 is 38.1 Å². The van der Waals surface area contributed by atoms with Gasteiger partial charge >= 0.3 is 0 Å². The van der Waals surface area contributed by atoms with Gasteiger partial charge in [-0.2, -0.15) is 0 Å². The molecule has 162 valence electrons. The number of carbonyl (C=O) groups excluding carboxylic acids is 1. The fraction of sp³-hybridized carbons (Fsp3) is 0.0870. The number of amides is 1. The molecule has 0 aliphatic rings. The van der Waals surface area contributed by atoms with Gasteiger partial charge in [-0.05, 0) is 43.7 Å². The number of benzene rings is 3. The summed E-state index contributed by atoms with van der Waals surface area (Å²) in [7, 11) is -3.78. The van der Waals surface area contributed by atoms with Crippen molar-refractivity contribution in [3.05, 3.63) is 89.5 Å². The zero-order chi connectivity index (χ0) is 22.7. The van der Waals surface area contributed by atoms with Crippen LogP contribution in [-0.4, -0.2) is 24.5 Å². The number of nitrogens with zero attached hydrogens (tertiary/aromatic N) is 2. The second kappa shape index (κ2) is 8.89. The SMILES string of the molecule is Cc1ccc(S(=O)(=O)Nc2cc(C(=O)Nc3nnc(-c4ccccc4)s3)ccc2C)cc1. The summed E-state index contributed by atoms with van der Waals surface area (Å²) in [6, 6.07) is 20.9. The normalized spacial score (nSPS) is 11.2. The maximum Gasteiger partial charge on any atom is 0.261 e. The molecule has 9 heteroatoms. The molecule has 0 spiro atoms. The Morgan fingerprint density at radius 2 is 1.62 bits per heavy atom. The van der Waals surface area contributed by atoms with E-state index >= 15 is 0 Å². The molecule has 3 aromatic carbocycles. The number of sulfonamides is 1. The summed E-state index contributed by atoms with van der Waals surface area (Å²) in [6.07, 6.45) is 0.